The minimum atomic E-state index is -3.93. The lowest BCUT2D eigenvalue weighted by Crippen LogP contribution is -2.19. The third-order valence-electron chi connectivity index (χ3n) is 4.64. The van der Waals surface area contributed by atoms with Crippen LogP contribution in [-0.4, -0.2) is 26.6 Å². The highest BCUT2D eigenvalue weighted by Gasteiger charge is 2.22. The maximum Gasteiger partial charge on any atom is 0.279 e. The van der Waals surface area contributed by atoms with E-state index in [0.29, 0.717) is 17.8 Å². The van der Waals surface area contributed by atoms with Crippen molar-refractivity contribution in [3.63, 3.8) is 0 Å². The molecule has 0 unspecified atom stereocenters. The van der Waals surface area contributed by atoms with Gasteiger partial charge in [-0.25, -0.2) is 8.42 Å². The van der Waals surface area contributed by atoms with Crippen molar-refractivity contribution in [1.29, 1.82) is 0 Å². The lowest BCUT2D eigenvalue weighted by atomic mass is 10.1. The summed E-state index contributed by atoms with van der Waals surface area (Å²) >= 11 is 0. The molecule has 3 rings (SSSR count). The molecule has 1 heterocycles. The summed E-state index contributed by atoms with van der Waals surface area (Å²) < 4.78 is 57.8. The van der Waals surface area contributed by atoms with Gasteiger partial charge in [0.05, 0.1) is 22.5 Å². The molecule has 160 valence electrons. The quantitative estimate of drug-likeness (QED) is 0.575. The van der Waals surface area contributed by atoms with Crippen LogP contribution in [0.4, 0.5) is 11.4 Å². The third kappa shape index (κ3) is 4.49. The zero-order chi connectivity index (χ0) is 22.1. The molecule has 0 aliphatic carbocycles. The Morgan fingerprint density at radius 2 is 1.53 bits per heavy atom. The fourth-order valence-corrected chi connectivity index (χ4v) is 5.46. The molecule has 2 N–H and O–H groups in total. The Kier molecular flexibility index (Phi) is 5.91. The molecule has 0 saturated heterocycles. The number of aryl methyl sites for hydroxylation is 4. The van der Waals surface area contributed by atoms with E-state index >= 15 is 0 Å². The lowest BCUT2D eigenvalue weighted by Gasteiger charge is -2.15. The monoisotopic (exact) mass is 448 g/mol. The molecule has 0 radical (unpaired) electrons. The van der Waals surface area contributed by atoms with Crippen LogP contribution in [0.5, 0.6) is 0 Å². The van der Waals surface area contributed by atoms with Gasteiger partial charge in [-0.15, -0.1) is 0 Å². The van der Waals surface area contributed by atoms with Gasteiger partial charge in [0.15, 0.2) is 5.03 Å². The summed E-state index contributed by atoms with van der Waals surface area (Å²) in [6.45, 7) is 7.60. The maximum atomic E-state index is 12.9. The highest BCUT2D eigenvalue weighted by atomic mass is 32.2. The van der Waals surface area contributed by atoms with Crippen LogP contribution in [0.15, 0.2) is 58.6 Å². The van der Waals surface area contributed by atoms with Gasteiger partial charge in [0.1, 0.15) is 0 Å². The SMILES string of the molecule is CCn1nccc1S(=O)(=O)Nc1cc(S(=O)(=O)Nc2ccc(C)cc2C)ccc1C. The third-order valence-corrected chi connectivity index (χ3v) is 7.39. The van der Waals surface area contributed by atoms with Crippen molar-refractivity contribution >= 4 is 31.4 Å². The standard InChI is InChI=1S/C20H24N4O4S2/c1-5-24-20(10-11-21-24)30(27,28)23-19-13-17(8-7-15(19)3)29(25,26)22-18-9-6-14(2)12-16(18)4/h6-13,22-23H,5H2,1-4H3. The fourth-order valence-electron chi connectivity index (χ4n) is 2.99. The summed E-state index contributed by atoms with van der Waals surface area (Å²) in [4.78, 5) is -0.0465. The molecule has 10 heteroatoms. The van der Waals surface area contributed by atoms with Gasteiger partial charge in [0.25, 0.3) is 20.0 Å². The van der Waals surface area contributed by atoms with Gasteiger partial charge in [0.2, 0.25) is 0 Å². The van der Waals surface area contributed by atoms with E-state index in [1.807, 2.05) is 26.0 Å². The summed E-state index contributed by atoms with van der Waals surface area (Å²) in [6.07, 6.45) is 1.40. The summed E-state index contributed by atoms with van der Waals surface area (Å²) in [7, 11) is -7.85. The Morgan fingerprint density at radius 3 is 2.20 bits per heavy atom. The number of anilines is 2. The highest BCUT2D eigenvalue weighted by molar-refractivity contribution is 7.93. The summed E-state index contributed by atoms with van der Waals surface area (Å²) in [6, 6.07) is 11.1. The second kappa shape index (κ2) is 8.11. The Bertz CT molecular complexity index is 1300. The molecule has 0 fully saturated rings. The lowest BCUT2D eigenvalue weighted by molar-refractivity contribution is 0.558. The first kappa shape index (κ1) is 21.8. The Morgan fingerprint density at radius 1 is 0.833 bits per heavy atom. The van der Waals surface area contributed by atoms with E-state index in [1.54, 1.807) is 26.0 Å². The van der Waals surface area contributed by atoms with Crippen molar-refractivity contribution in [1.82, 2.24) is 9.78 Å². The number of nitrogens with one attached hydrogen (secondary N) is 2. The zero-order valence-electron chi connectivity index (χ0n) is 17.2. The van der Waals surface area contributed by atoms with Gasteiger partial charge >= 0.3 is 0 Å². The number of sulfonamides is 2. The van der Waals surface area contributed by atoms with Crippen LogP contribution in [0.25, 0.3) is 0 Å². The van der Waals surface area contributed by atoms with Crippen LogP contribution in [0.1, 0.15) is 23.6 Å². The maximum absolute atomic E-state index is 12.9. The van der Waals surface area contributed by atoms with Gasteiger partial charge in [-0.1, -0.05) is 23.8 Å². The molecule has 0 aliphatic rings. The van der Waals surface area contributed by atoms with Gasteiger partial charge in [-0.2, -0.15) is 13.5 Å². The average molecular weight is 449 g/mol. The van der Waals surface area contributed by atoms with E-state index in [0.717, 1.165) is 11.1 Å². The minimum absolute atomic E-state index is 0.00562. The molecule has 30 heavy (non-hydrogen) atoms. The van der Waals surface area contributed by atoms with Crippen LogP contribution >= 0.6 is 0 Å². The number of aromatic nitrogens is 2. The fraction of sp³-hybridized carbons (Fsp3) is 0.250. The Balaban J connectivity index is 1.94. The Hall–Kier alpha value is -2.85. The molecular formula is C20H24N4O4S2. The molecular weight excluding hydrogens is 424 g/mol. The number of hydrogen-bond donors (Lipinski definition) is 2. The van der Waals surface area contributed by atoms with Crippen molar-refractivity contribution in [2.75, 3.05) is 9.44 Å². The van der Waals surface area contributed by atoms with Gasteiger partial charge < -0.3 is 0 Å². The van der Waals surface area contributed by atoms with E-state index in [4.69, 9.17) is 0 Å². The molecule has 0 saturated carbocycles. The van der Waals surface area contributed by atoms with E-state index in [-0.39, 0.29) is 15.6 Å². The predicted octanol–water partition coefficient (Wildman–Crippen LogP) is 3.43. The smallest absolute Gasteiger partial charge is 0.279 e. The van der Waals surface area contributed by atoms with E-state index in [1.165, 1.54) is 29.1 Å². The zero-order valence-corrected chi connectivity index (χ0v) is 18.8. The van der Waals surface area contributed by atoms with Crippen LogP contribution in [0.3, 0.4) is 0 Å². The number of benzene rings is 2. The first-order valence-corrected chi connectivity index (χ1v) is 12.3. The molecule has 0 amide bonds. The molecule has 0 aliphatic heterocycles. The molecule has 2 aromatic carbocycles. The van der Waals surface area contributed by atoms with Gasteiger partial charge in [-0.3, -0.25) is 14.1 Å². The summed E-state index contributed by atoms with van der Waals surface area (Å²) in [5.41, 5.74) is 3.05. The number of hydrogen-bond acceptors (Lipinski definition) is 5. The van der Waals surface area contributed by atoms with Crippen molar-refractivity contribution in [2.45, 2.75) is 44.2 Å². The molecule has 1 aromatic heterocycles. The first-order valence-electron chi connectivity index (χ1n) is 9.29. The first-order chi connectivity index (χ1) is 14.0. The van der Waals surface area contributed by atoms with Crippen molar-refractivity contribution < 1.29 is 16.8 Å². The van der Waals surface area contributed by atoms with E-state index < -0.39 is 20.0 Å². The van der Waals surface area contributed by atoms with Crippen LogP contribution in [0, 0.1) is 20.8 Å². The number of rotatable bonds is 7. The molecule has 0 atom stereocenters. The van der Waals surface area contributed by atoms with Gasteiger partial charge in [0, 0.05) is 6.54 Å². The predicted molar refractivity (Wildman–Crippen MR) is 117 cm³/mol. The molecule has 0 bridgehead atoms. The Labute approximate surface area is 177 Å². The molecule has 3 aromatic rings. The van der Waals surface area contributed by atoms with Crippen LogP contribution in [-0.2, 0) is 26.6 Å². The van der Waals surface area contributed by atoms with Crippen LogP contribution in [0.2, 0.25) is 0 Å². The summed E-state index contributed by atoms with van der Waals surface area (Å²) in [5, 5.41) is 3.98. The summed E-state index contributed by atoms with van der Waals surface area (Å²) in [5.74, 6) is 0. The van der Waals surface area contributed by atoms with E-state index in [2.05, 4.69) is 14.5 Å². The van der Waals surface area contributed by atoms with Crippen molar-refractivity contribution in [3.8, 4) is 0 Å². The van der Waals surface area contributed by atoms with E-state index in [9.17, 15) is 16.8 Å². The molecule has 0 spiro atoms. The second-order valence-electron chi connectivity index (χ2n) is 6.99. The van der Waals surface area contributed by atoms with Crippen LogP contribution < -0.4 is 9.44 Å². The largest absolute Gasteiger partial charge is 0.279 e. The van der Waals surface area contributed by atoms with Crippen molar-refractivity contribution in [3.05, 3.63) is 65.4 Å². The molecule has 8 nitrogen and oxygen atoms in total. The highest BCUT2D eigenvalue weighted by Crippen LogP contribution is 2.26. The topological polar surface area (TPSA) is 110 Å². The van der Waals surface area contributed by atoms with Gasteiger partial charge in [-0.05, 0) is 63.1 Å². The van der Waals surface area contributed by atoms with Crippen molar-refractivity contribution in [2.24, 2.45) is 0 Å². The second-order valence-corrected chi connectivity index (χ2v) is 10.3. The minimum Gasteiger partial charge on any atom is -0.279 e. The number of nitrogens with zero attached hydrogens (tertiary/aromatic N) is 2. The average Bonchev–Trinajstić information content (AvgIpc) is 3.15. The normalized spacial score (nSPS) is 12.0.